The minimum Gasteiger partial charge on any atom is -0.480 e. The molecule has 0 fully saturated rings. The number of aromatic carboxylic acids is 1. The van der Waals surface area contributed by atoms with Gasteiger partial charge in [-0.1, -0.05) is 11.6 Å². The second kappa shape index (κ2) is 4.39. The van der Waals surface area contributed by atoms with Gasteiger partial charge in [-0.05, 0) is 6.07 Å². The molecule has 0 unspecified atom stereocenters. The normalized spacial score (nSPS) is 10.5. The zero-order valence-corrected chi connectivity index (χ0v) is 8.26. The van der Waals surface area contributed by atoms with Crippen molar-refractivity contribution in [2.75, 3.05) is 7.11 Å². The number of alkyl halides is 2. The highest BCUT2D eigenvalue weighted by Crippen LogP contribution is 2.29. The topological polar surface area (TPSA) is 59.4 Å². The van der Waals surface area contributed by atoms with Crippen LogP contribution in [-0.4, -0.2) is 23.2 Å². The summed E-state index contributed by atoms with van der Waals surface area (Å²) < 4.78 is 29.4. The van der Waals surface area contributed by atoms with Crippen LogP contribution in [0.4, 0.5) is 8.78 Å². The summed E-state index contributed by atoms with van der Waals surface area (Å²) in [6, 6.07) is 0.886. The summed E-state index contributed by atoms with van der Waals surface area (Å²) in [5.74, 6) is -1.74. The lowest BCUT2D eigenvalue weighted by Gasteiger charge is -2.08. The molecule has 0 saturated carbocycles. The number of ether oxygens (including phenoxy) is 1. The number of aromatic nitrogens is 1. The highest BCUT2D eigenvalue weighted by Gasteiger charge is 2.22. The van der Waals surface area contributed by atoms with E-state index in [1.54, 1.807) is 0 Å². The van der Waals surface area contributed by atoms with Crippen LogP contribution in [0.3, 0.4) is 0 Å². The number of carboxylic acids is 1. The molecule has 0 radical (unpaired) electrons. The second-order valence-corrected chi connectivity index (χ2v) is 2.93. The lowest BCUT2D eigenvalue weighted by atomic mass is 10.2. The molecule has 1 heterocycles. The predicted octanol–water partition coefficient (Wildman–Crippen LogP) is 2.38. The molecular weight excluding hydrogens is 232 g/mol. The molecule has 7 heteroatoms. The maximum Gasteiger partial charge on any atom is 0.337 e. The smallest absolute Gasteiger partial charge is 0.337 e. The van der Waals surface area contributed by atoms with Crippen molar-refractivity contribution in [1.29, 1.82) is 0 Å². The molecule has 1 rings (SSSR count). The first-order valence-corrected chi connectivity index (χ1v) is 4.11. The van der Waals surface area contributed by atoms with Gasteiger partial charge in [0, 0.05) is 0 Å². The van der Waals surface area contributed by atoms with Gasteiger partial charge in [0.15, 0.2) is 0 Å². The van der Waals surface area contributed by atoms with Gasteiger partial charge < -0.3 is 9.84 Å². The standard InChI is InChI=1S/C8H6ClF2NO3/c1-15-7-4(9)2-3(8(13)14)5(12-7)6(10)11/h2,6H,1H3,(H,13,14). The van der Waals surface area contributed by atoms with Gasteiger partial charge in [0.1, 0.15) is 10.7 Å². The van der Waals surface area contributed by atoms with Gasteiger partial charge in [-0.2, -0.15) is 0 Å². The fraction of sp³-hybridized carbons (Fsp3) is 0.250. The third kappa shape index (κ3) is 2.33. The lowest BCUT2D eigenvalue weighted by Crippen LogP contribution is -2.07. The molecule has 0 aliphatic carbocycles. The van der Waals surface area contributed by atoms with E-state index in [2.05, 4.69) is 9.72 Å². The summed E-state index contributed by atoms with van der Waals surface area (Å²) in [6.45, 7) is 0. The van der Waals surface area contributed by atoms with Gasteiger partial charge in [-0.15, -0.1) is 0 Å². The third-order valence-corrected chi connectivity index (χ3v) is 1.87. The average molecular weight is 238 g/mol. The number of carbonyl (C=O) groups is 1. The van der Waals surface area contributed by atoms with E-state index >= 15 is 0 Å². The zero-order chi connectivity index (χ0) is 11.6. The Kier molecular flexibility index (Phi) is 3.41. The first-order valence-electron chi connectivity index (χ1n) is 3.73. The van der Waals surface area contributed by atoms with Gasteiger partial charge in [0.2, 0.25) is 5.88 Å². The molecule has 0 aliphatic heterocycles. The van der Waals surface area contributed by atoms with Crippen LogP contribution in [0.15, 0.2) is 6.07 Å². The molecular formula is C8H6ClF2NO3. The Morgan fingerprint density at radius 3 is 2.67 bits per heavy atom. The minimum absolute atomic E-state index is 0.126. The molecule has 0 saturated heterocycles. The summed E-state index contributed by atoms with van der Waals surface area (Å²) in [7, 11) is 1.20. The monoisotopic (exact) mass is 237 g/mol. The molecule has 1 aromatic rings. The SMILES string of the molecule is COc1nc(C(F)F)c(C(=O)O)cc1Cl. The van der Waals surface area contributed by atoms with Crippen LogP contribution in [0, 0.1) is 0 Å². The third-order valence-electron chi connectivity index (χ3n) is 1.60. The Bertz CT molecular complexity index is 398. The van der Waals surface area contributed by atoms with Crippen LogP contribution in [-0.2, 0) is 0 Å². The number of methoxy groups -OCH3 is 1. The second-order valence-electron chi connectivity index (χ2n) is 2.52. The fourth-order valence-corrected chi connectivity index (χ4v) is 1.19. The Morgan fingerprint density at radius 2 is 2.27 bits per heavy atom. The van der Waals surface area contributed by atoms with Crippen molar-refractivity contribution >= 4 is 17.6 Å². The van der Waals surface area contributed by atoms with Crippen LogP contribution >= 0.6 is 11.6 Å². The maximum atomic E-state index is 12.4. The van der Waals surface area contributed by atoms with E-state index in [1.165, 1.54) is 7.11 Å². The van der Waals surface area contributed by atoms with E-state index in [-0.39, 0.29) is 10.9 Å². The molecule has 1 aromatic heterocycles. The van der Waals surface area contributed by atoms with E-state index in [1.807, 2.05) is 0 Å². The summed E-state index contributed by atoms with van der Waals surface area (Å²) in [5, 5.41) is 8.50. The fourth-order valence-electron chi connectivity index (χ4n) is 0.966. The van der Waals surface area contributed by atoms with Crippen molar-refractivity contribution < 1.29 is 23.4 Å². The molecule has 15 heavy (non-hydrogen) atoms. The molecule has 0 aliphatic rings. The van der Waals surface area contributed by atoms with E-state index < -0.39 is 23.7 Å². The first kappa shape index (κ1) is 11.6. The number of hydrogen-bond acceptors (Lipinski definition) is 3. The number of carboxylic acid groups (broad SMARTS) is 1. The minimum atomic E-state index is -3.00. The van der Waals surface area contributed by atoms with Gasteiger partial charge >= 0.3 is 5.97 Å². The number of hydrogen-bond donors (Lipinski definition) is 1. The number of nitrogens with zero attached hydrogens (tertiary/aromatic N) is 1. The van der Waals surface area contributed by atoms with Crippen LogP contribution < -0.4 is 4.74 Å². The Labute approximate surface area is 88.4 Å². The van der Waals surface area contributed by atoms with Crippen molar-refractivity contribution in [2.45, 2.75) is 6.43 Å². The van der Waals surface area contributed by atoms with Gasteiger partial charge in [-0.25, -0.2) is 18.6 Å². The quantitative estimate of drug-likeness (QED) is 0.877. The molecule has 0 bridgehead atoms. The van der Waals surface area contributed by atoms with Gasteiger partial charge in [0.25, 0.3) is 6.43 Å². The van der Waals surface area contributed by atoms with E-state index in [9.17, 15) is 13.6 Å². The van der Waals surface area contributed by atoms with Crippen molar-refractivity contribution in [3.63, 3.8) is 0 Å². The lowest BCUT2D eigenvalue weighted by molar-refractivity contribution is 0.0682. The van der Waals surface area contributed by atoms with Crippen LogP contribution in [0.2, 0.25) is 5.02 Å². The van der Waals surface area contributed by atoms with Crippen LogP contribution in [0.1, 0.15) is 22.5 Å². The van der Waals surface area contributed by atoms with E-state index in [0.29, 0.717) is 0 Å². The summed E-state index contributed by atoms with van der Waals surface area (Å²) >= 11 is 5.55. The number of pyridine rings is 1. The largest absolute Gasteiger partial charge is 0.480 e. The van der Waals surface area contributed by atoms with Gasteiger partial charge in [-0.3, -0.25) is 0 Å². The molecule has 82 valence electrons. The van der Waals surface area contributed by atoms with Crippen LogP contribution in [0.25, 0.3) is 0 Å². The maximum absolute atomic E-state index is 12.4. The molecule has 1 N–H and O–H groups in total. The Hall–Kier alpha value is -1.43. The molecule has 0 amide bonds. The van der Waals surface area contributed by atoms with E-state index in [0.717, 1.165) is 6.07 Å². The summed E-state index contributed by atoms with van der Waals surface area (Å²) in [5.41, 5.74) is -1.49. The molecule has 0 aromatic carbocycles. The first-order chi connectivity index (χ1) is 6.97. The van der Waals surface area contributed by atoms with Crippen molar-refractivity contribution in [3.05, 3.63) is 22.3 Å². The van der Waals surface area contributed by atoms with Crippen molar-refractivity contribution in [2.24, 2.45) is 0 Å². The Morgan fingerprint density at radius 1 is 1.67 bits per heavy atom. The number of rotatable bonds is 3. The molecule has 0 atom stereocenters. The average Bonchev–Trinajstić information content (AvgIpc) is 2.16. The zero-order valence-electron chi connectivity index (χ0n) is 7.50. The summed E-state index contributed by atoms with van der Waals surface area (Å²) in [6.07, 6.45) is -3.00. The molecule has 4 nitrogen and oxygen atoms in total. The van der Waals surface area contributed by atoms with Gasteiger partial charge in [0.05, 0.1) is 12.7 Å². The highest BCUT2D eigenvalue weighted by atomic mass is 35.5. The molecule has 0 spiro atoms. The summed E-state index contributed by atoms with van der Waals surface area (Å²) in [4.78, 5) is 13.9. The number of halogens is 3. The predicted molar refractivity (Wildman–Crippen MR) is 47.7 cm³/mol. The van der Waals surface area contributed by atoms with Crippen LogP contribution in [0.5, 0.6) is 5.88 Å². The highest BCUT2D eigenvalue weighted by molar-refractivity contribution is 6.32. The van der Waals surface area contributed by atoms with E-state index in [4.69, 9.17) is 16.7 Å². The van der Waals surface area contributed by atoms with Crippen molar-refractivity contribution in [1.82, 2.24) is 4.98 Å². The Balaban J connectivity index is 3.38. The van der Waals surface area contributed by atoms with Crippen molar-refractivity contribution in [3.8, 4) is 5.88 Å².